The average molecular weight is 420 g/mol. The van der Waals surface area contributed by atoms with E-state index in [1.807, 2.05) is 26.1 Å². The Morgan fingerprint density at radius 3 is 2.77 bits per heavy atom. The lowest BCUT2D eigenvalue weighted by molar-refractivity contribution is -0.143. The largest absolute Gasteiger partial charge is 0.466 e. The number of carbonyl (C=O) groups excluding carboxylic acids is 1. The van der Waals surface area contributed by atoms with Gasteiger partial charge in [0.1, 0.15) is 0 Å². The van der Waals surface area contributed by atoms with Gasteiger partial charge in [0.2, 0.25) is 0 Å². The Morgan fingerprint density at radius 1 is 1.19 bits per heavy atom. The normalized spacial score (nSPS) is 15.1. The van der Waals surface area contributed by atoms with Crippen LogP contribution >= 0.6 is 0 Å². The molecule has 1 aromatic carbocycles. The van der Waals surface area contributed by atoms with Crippen molar-refractivity contribution >= 4 is 16.9 Å². The summed E-state index contributed by atoms with van der Waals surface area (Å²) < 4.78 is 7.79. The van der Waals surface area contributed by atoms with Gasteiger partial charge in [0.05, 0.1) is 13.0 Å². The highest BCUT2D eigenvalue weighted by Crippen LogP contribution is 2.34. The van der Waals surface area contributed by atoms with Crippen LogP contribution in [-0.2, 0) is 29.0 Å². The quantitative estimate of drug-likeness (QED) is 0.518. The molecule has 1 aliphatic rings. The van der Waals surface area contributed by atoms with Gasteiger partial charge in [-0.1, -0.05) is 18.6 Å². The fraction of sp³-hybridized carbons (Fsp3) is 0.462. The van der Waals surface area contributed by atoms with E-state index in [0.29, 0.717) is 13.0 Å². The monoisotopic (exact) mass is 419 g/mol. The predicted octanol–water partition coefficient (Wildman–Crippen LogP) is 4.77. The van der Waals surface area contributed by atoms with E-state index in [4.69, 9.17) is 4.74 Å². The van der Waals surface area contributed by atoms with Crippen LogP contribution in [0.2, 0.25) is 0 Å². The molecule has 1 aliphatic heterocycles. The summed E-state index contributed by atoms with van der Waals surface area (Å²) in [6, 6.07) is 10.9. The Kier molecular flexibility index (Phi) is 6.42. The van der Waals surface area contributed by atoms with Gasteiger partial charge in [-0.3, -0.25) is 14.7 Å². The molecule has 164 valence electrons. The molecule has 0 amide bonds. The van der Waals surface area contributed by atoms with E-state index in [-0.39, 0.29) is 11.9 Å². The van der Waals surface area contributed by atoms with Crippen LogP contribution in [-0.4, -0.2) is 40.1 Å². The van der Waals surface area contributed by atoms with E-state index >= 15 is 0 Å². The Morgan fingerprint density at radius 2 is 2.03 bits per heavy atom. The zero-order chi connectivity index (χ0) is 22.0. The third-order valence-corrected chi connectivity index (χ3v) is 6.45. The summed E-state index contributed by atoms with van der Waals surface area (Å²) in [7, 11) is 0. The number of hydrogen-bond acceptors (Lipinski definition) is 4. The summed E-state index contributed by atoms with van der Waals surface area (Å²) in [6.07, 6.45) is 3.26. The second-order valence-electron chi connectivity index (χ2n) is 8.61. The van der Waals surface area contributed by atoms with Gasteiger partial charge in [0.15, 0.2) is 0 Å². The van der Waals surface area contributed by atoms with Crippen molar-refractivity contribution in [2.24, 2.45) is 0 Å². The van der Waals surface area contributed by atoms with Crippen LogP contribution in [0.5, 0.6) is 0 Å². The molecule has 0 saturated carbocycles. The van der Waals surface area contributed by atoms with Crippen LogP contribution in [0.4, 0.5) is 0 Å². The van der Waals surface area contributed by atoms with E-state index in [2.05, 4.69) is 52.6 Å². The van der Waals surface area contributed by atoms with Crippen LogP contribution in [0.25, 0.3) is 10.9 Å². The van der Waals surface area contributed by atoms with E-state index in [1.54, 1.807) is 0 Å². The van der Waals surface area contributed by atoms with Gasteiger partial charge in [-0.2, -0.15) is 0 Å². The van der Waals surface area contributed by atoms with Gasteiger partial charge in [-0.05, 0) is 62.7 Å². The number of nitrogens with zero attached hydrogens (tertiary/aromatic N) is 3. The third-order valence-electron chi connectivity index (χ3n) is 6.45. The number of fused-ring (bicyclic) bond motifs is 3. The Labute approximate surface area is 185 Å². The lowest BCUT2D eigenvalue weighted by Gasteiger charge is -2.28. The number of pyridine rings is 1. The van der Waals surface area contributed by atoms with Crippen molar-refractivity contribution in [2.75, 3.05) is 19.7 Å². The lowest BCUT2D eigenvalue weighted by atomic mass is 9.95. The first-order chi connectivity index (χ1) is 15.0. The minimum absolute atomic E-state index is 0.0472. The summed E-state index contributed by atoms with van der Waals surface area (Å²) in [4.78, 5) is 19.3. The number of rotatable bonds is 7. The molecule has 5 nitrogen and oxygen atoms in total. The lowest BCUT2D eigenvalue weighted by Crippen LogP contribution is -2.31. The Hall–Kier alpha value is -2.66. The first-order valence-corrected chi connectivity index (χ1v) is 11.4. The van der Waals surface area contributed by atoms with Gasteiger partial charge in [0, 0.05) is 60.5 Å². The van der Waals surface area contributed by atoms with E-state index in [1.165, 1.54) is 27.7 Å². The van der Waals surface area contributed by atoms with Crippen molar-refractivity contribution in [3.63, 3.8) is 0 Å². The summed E-state index contributed by atoms with van der Waals surface area (Å²) >= 11 is 0. The van der Waals surface area contributed by atoms with Crippen molar-refractivity contribution in [3.05, 3.63) is 64.6 Å². The van der Waals surface area contributed by atoms with Crippen LogP contribution in [0.1, 0.15) is 54.3 Å². The molecule has 1 atom stereocenters. The fourth-order valence-corrected chi connectivity index (χ4v) is 4.85. The molecule has 31 heavy (non-hydrogen) atoms. The van der Waals surface area contributed by atoms with Crippen LogP contribution < -0.4 is 0 Å². The fourth-order valence-electron chi connectivity index (χ4n) is 4.85. The number of aromatic nitrogens is 2. The van der Waals surface area contributed by atoms with E-state index in [0.717, 1.165) is 43.9 Å². The van der Waals surface area contributed by atoms with Gasteiger partial charge in [0.25, 0.3) is 0 Å². The summed E-state index contributed by atoms with van der Waals surface area (Å²) in [5, 5.41) is 1.36. The molecule has 3 heterocycles. The summed E-state index contributed by atoms with van der Waals surface area (Å²) in [5.41, 5.74) is 7.55. The van der Waals surface area contributed by atoms with Crippen molar-refractivity contribution in [2.45, 2.75) is 59.5 Å². The zero-order valence-electron chi connectivity index (χ0n) is 19.1. The molecule has 0 bridgehead atoms. The molecule has 4 rings (SSSR count). The minimum Gasteiger partial charge on any atom is -0.466 e. The molecule has 1 unspecified atom stereocenters. The summed E-state index contributed by atoms with van der Waals surface area (Å²) in [6.45, 7) is 12.6. The van der Waals surface area contributed by atoms with Crippen molar-refractivity contribution < 1.29 is 9.53 Å². The van der Waals surface area contributed by atoms with E-state index < -0.39 is 0 Å². The first-order valence-electron chi connectivity index (χ1n) is 11.4. The maximum absolute atomic E-state index is 12.5. The summed E-state index contributed by atoms with van der Waals surface area (Å²) in [5.74, 6) is -0.0914. The van der Waals surface area contributed by atoms with Crippen molar-refractivity contribution in [3.8, 4) is 0 Å². The van der Waals surface area contributed by atoms with Crippen molar-refractivity contribution in [1.29, 1.82) is 0 Å². The second-order valence-corrected chi connectivity index (χ2v) is 8.61. The van der Waals surface area contributed by atoms with Crippen molar-refractivity contribution in [1.82, 2.24) is 14.5 Å². The second kappa shape index (κ2) is 9.23. The molecule has 0 saturated heterocycles. The van der Waals surface area contributed by atoms with Gasteiger partial charge < -0.3 is 9.30 Å². The van der Waals surface area contributed by atoms with E-state index in [9.17, 15) is 4.79 Å². The molecular weight excluding hydrogens is 386 g/mol. The first kappa shape index (κ1) is 21.6. The van der Waals surface area contributed by atoms with Gasteiger partial charge >= 0.3 is 5.97 Å². The highest BCUT2D eigenvalue weighted by molar-refractivity contribution is 5.86. The smallest absolute Gasteiger partial charge is 0.306 e. The maximum atomic E-state index is 12.5. The molecule has 2 aromatic heterocycles. The standard InChI is InChI=1S/C26H33N3O2/c1-5-28-12-10-25-23(17-28)22-13-18(3)7-8-24(22)29(25)16-21(15-26(30)31-6-2)20-9-11-27-19(4)14-20/h7-9,11,13-14,21H,5-6,10,12,15-17H2,1-4H3. The number of benzene rings is 1. The van der Waals surface area contributed by atoms with Crippen LogP contribution in [0.15, 0.2) is 36.5 Å². The highest BCUT2D eigenvalue weighted by Gasteiger charge is 2.26. The minimum atomic E-state index is -0.139. The molecule has 5 heteroatoms. The van der Waals surface area contributed by atoms with Gasteiger partial charge in [-0.15, -0.1) is 0 Å². The van der Waals surface area contributed by atoms with Gasteiger partial charge in [-0.25, -0.2) is 0 Å². The zero-order valence-corrected chi connectivity index (χ0v) is 19.1. The Bertz CT molecular complexity index is 1090. The number of hydrogen-bond donors (Lipinski definition) is 0. The topological polar surface area (TPSA) is 47.4 Å². The molecule has 0 fully saturated rings. The number of ether oxygens (including phenoxy) is 1. The molecule has 0 radical (unpaired) electrons. The average Bonchev–Trinajstić information content (AvgIpc) is 3.05. The van der Waals surface area contributed by atoms with Crippen LogP contribution in [0, 0.1) is 13.8 Å². The molecule has 0 aliphatic carbocycles. The predicted molar refractivity (Wildman–Crippen MR) is 124 cm³/mol. The number of aryl methyl sites for hydroxylation is 2. The maximum Gasteiger partial charge on any atom is 0.306 e. The molecule has 3 aromatic rings. The molecule has 0 spiro atoms. The SMILES string of the molecule is CCOC(=O)CC(Cn1c2c(c3cc(C)ccc31)CN(CC)CC2)c1ccnc(C)c1. The molecule has 0 N–H and O–H groups in total. The Balaban J connectivity index is 1.78. The third kappa shape index (κ3) is 4.52. The molecular formula is C26H33N3O2. The highest BCUT2D eigenvalue weighted by atomic mass is 16.5. The number of carbonyl (C=O) groups is 1. The number of likely N-dealkylation sites (N-methyl/N-ethyl adjacent to an activating group) is 1. The number of esters is 1. The van der Waals surface area contributed by atoms with Crippen LogP contribution in [0.3, 0.4) is 0 Å².